The van der Waals surface area contributed by atoms with Crippen LogP contribution in [0.4, 0.5) is 4.79 Å². The van der Waals surface area contributed by atoms with Crippen molar-refractivity contribution in [3.05, 3.63) is 0 Å². The molecule has 0 saturated heterocycles. The van der Waals surface area contributed by atoms with Crippen LogP contribution in [0.2, 0.25) is 0 Å². The van der Waals surface area contributed by atoms with Crippen molar-refractivity contribution in [1.82, 2.24) is 21.5 Å². The molecule has 0 bridgehead atoms. The quantitative estimate of drug-likeness (QED) is 0.457. The average Bonchev–Trinajstić information content (AvgIpc) is 2.30. The summed E-state index contributed by atoms with van der Waals surface area (Å²) in [6.07, 6.45) is 0. The zero-order valence-electron chi connectivity index (χ0n) is 10.4. The third kappa shape index (κ3) is 8.21. The van der Waals surface area contributed by atoms with E-state index in [1.54, 1.807) is 13.8 Å². The van der Waals surface area contributed by atoms with Gasteiger partial charge in [-0.15, -0.1) is 0 Å². The standard InChI is InChI=1S/C10H20N4O3/c1-4-11-6-9(16)13-14-10(17)12-5-8(15)7(2)3/h7,11H,4-6H2,1-3H3,(H,13,16)(H2,12,14,17). The molecule has 98 valence electrons. The number of amides is 3. The minimum atomic E-state index is -0.608. The number of Topliss-reactive ketones (excluding diaryl/α,β-unsaturated/α-hetero) is 1. The first-order valence-electron chi connectivity index (χ1n) is 5.53. The van der Waals surface area contributed by atoms with Crippen LogP contribution in [0.3, 0.4) is 0 Å². The topological polar surface area (TPSA) is 99.3 Å². The van der Waals surface area contributed by atoms with E-state index in [0.29, 0.717) is 6.54 Å². The summed E-state index contributed by atoms with van der Waals surface area (Å²) in [5.74, 6) is -0.546. The van der Waals surface area contributed by atoms with Gasteiger partial charge in [0.05, 0.1) is 13.1 Å². The first-order chi connectivity index (χ1) is 7.97. The molecule has 0 fully saturated rings. The van der Waals surface area contributed by atoms with Crippen molar-refractivity contribution in [2.75, 3.05) is 19.6 Å². The molecule has 0 saturated carbocycles. The summed E-state index contributed by atoms with van der Waals surface area (Å²) in [4.78, 5) is 33.4. The molecule has 0 spiro atoms. The number of ketones is 1. The highest BCUT2D eigenvalue weighted by Gasteiger charge is 2.09. The molecule has 0 aromatic rings. The number of hydrazine groups is 1. The van der Waals surface area contributed by atoms with Crippen molar-refractivity contribution in [3.8, 4) is 0 Å². The minimum Gasteiger partial charge on any atom is -0.330 e. The Morgan fingerprint density at radius 1 is 1.06 bits per heavy atom. The number of carbonyl (C=O) groups is 3. The van der Waals surface area contributed by atoms with Crippen LogP contribution in [0, 0.1) is 5.92 Å². The Balaban J connectivity index is 3.66. The Labute approximate surface area is 101 Å². The molecule has 0 atom stereocenters. The summed E-state index contributed by atoms with van der Waals surface area (Å²) in [5.41, 5.74) is 4.34. The third-order valence-electron chi connectivity index (χ3n) is 1.92. The Bertz CT molecular complexity index is 279. The van der Waals surface area contributed by atoms with E-state index in [4.69, 9.17) is 0 Å². The van der Waals surface area contributed by atoms with Gasteiger partial charge < -0.3 is 10.6 Å². The first-order valence-corrected chi connectivity index (χ1v) is 5.53. The second kappa shape index (κ2) is 8.51. The van der Waals surface area contributed by atoms with Gasteiger partial charge in [-0.25, -0.2) is 10.2 Å². The Hall–Kier alpha value is -1.63. The van der Waals surface area contributed by atoms with Crippen LogP contribution in [0.15, 0.2) is 0 Å². The molecule has 4 N–H and O–H groups in total. The summed E-state index contributed by atoms with van der Waals surface area (Å²) in [6.45, 7) is 6.11. The highest BCUT2D eigenvalue weighted by Crippen LogP contribution is 1.91. The summed E-state index contributed by atoms with van der Waals surface area (Å²) in [6, 6.07) is -0.608. The fourth-order valence-electron chi connectivity index (χ4n) is 0.825. The van der Waals surface area contributed by atoms with Gasteiger partial charge in [-0.05, 0) is 6.54 Å². The molecular weight excluding hydrogens is 224 g/mol. The maximum absolute atomic E-state index is 11.2. The fraction of sp³-hybridized carbons (Fsp3) is 0.700. The zero-order valence-corrected chi connectivity index (χ0v) is 10.4. The van der Waals surface area contributed by atoms with Crippen molar-refractivity contribution >= 4 is 17.7 Å². The molecule has 0 aromatic carbocycles. The van der Waals surface area contributed by atoms with Gasteiger partial charge in [0.2, 0.25) is 0 Å². The van der Waals surface area contributed by atoms with E-state index in [1.807, 2.05) is 6.92 Å². The molecule has 17 heavy (non-hydrogen) atoms. The molecular formula is C10H20N4O3. The smallest absolute Gasteiger partial charge is 0.330 e. The summed E-state index contributed by atoms with van der Waals surface area (Å²) in [7, 11) is 0. The number of hydrogen-bond acceptors (Lipinski definition) is 4. The lowest BCUT2D eigenvalue weighted by Gasteiger charge is -2.09. The second-order valence-corrected chi connectivity index (χ2v) is 3.76. The largest absolute Gasteiger partial charge is 0.333 e. The van der Waals surface area contributed by atoms with Crippen LogP contribution in [0.25, 0.3) is 0 Å². The lowest BCUT2D eigenvalue weighted by atomic mass is 10.1. The maximum Gasteiger partial charge on any atom is 0.333 e. The molecule has 7 nitrogen and oxygen atoms in total. The predicted octanol–water partition coefficient (Wildman–Crippen LogP) is -0.849. The molecule has 0 rings (SSSR count). The van der Waals surface area contributed by atoms with E-state index in [0.717, 1.165) is 0 Å². The summed E-state index contributed by atoms with van der Waals surface area (Å²) < 4.78 is 0. The molecule has 0 heterocycles. The second-order valence-electron chi connectivity index (χ2n) is 3.76. The van der Waals surface area contributed by atoms with Gasteiger partial charge in [0.1, 0.15) is 0 Å². The van der Waals surface area contributed by atoms with E-state index in [9.17, 15) is 14.4 Å². The molecule has 3 amide bonds. The van der Waals surface area contributed by atoms with Crippen molar-refractivity contribution < 1.29 is 14.4 Å². The fourth-order valence-corrected chi connectivity index (χ4v) is 0.825. The van der Waals surface area contributed by atoms with Gasteiger partial charge in [0.15, 0.2) is 5.78 Å². The van der Waals surface area contributed by atoms with E-state index in [1.165, 1.54) is 0 Å². The normalized spacial score (nSPS) is 9.88. The lowest BCUT2D eigenvalue weighted by Crippen LogP contribution is -2.50. The van der Waals surface area contributed by atoms with Crippen LogP contribution >= 0.6 is 0 Å². The highest BCUT2D eigenvalue weighted by molar-refractivity contribution is 5.87. The molecule has 0 radical (unpaired) electrons. The van der Waals surface area contributed by atoms with Gasteiger partial charge in [-0.3, -0.25) is 15.0 Å². The first kappa shape index (κ1) is 15.4. The van der Waals surface area contributed by atoms with Crippen molar-refractivity contribution in [1.29, 1.82) is 0 Å². The van der Waals surface area contributed by atoms with Crippen molar-refractivity contribution in [3.63, 3.8) is 0 Å². The minimum absolute atomic E-state index is 0.0490. The van der Waals surface area contributed by atoms with Gasteiger partial charge in [-0.2, -0.15) is 0 Å². The molecule has 0 unspecified atom stereocenters. The molecule has 0 aliphatic carbocycles. The SMILES string of the molecule is CCNCC(=O)NNC(=O)NCC(=O)C(C)C. The molecule has 0 aliphatic heterocycles. The number of hydrogen-bond donors (Lipinski definition) is 4. The molecule has 7 heteroatoms. The maximum atomic E-state index is 11.2. The van der Waals surface area contributed by atoms with Gasteiger partial charge in [0.25, 0.3) is 5.91 Å². The zero-order chi connectivity index (χ0) is 13.3. The third-order valence-corrected chi connectivity index (χ3v) is 1.92. The Kier molecular flexibility index (Phi) is 7.70. The van der Waals surface area contributed by atoms with Crippen LogP contribution < -0.4 is 21.5 Å². The monoisotopic (exact) mass is 244 g/mol. The van der Waals surface area contributed by atoms with E-state index < -0.39 is 6.03 Å². The number of nitrogens with one attached hydrogen (secondary N) is 4. The van der Waals surface area contributed by atoms with Crippen LogP contribution in [-0.4, -0.2) is 37.4 Å². The van der Waals surface area contributed by atoms with E-state index >= 15 is 0 Å². The number of carbonyl (C=O) groups excluding carboxylic acids is 3. The van der Waals surface area contributed by atoms with Crippen LogP contribution in [-0.2, 0) is 9.59 Å². The Morgan fingerprint density at radius 3 is 2.24 bits per heavy atom. The van der Waals surface area contributed by atoms with Crippen LogP contribution in [0.5, 0.6) is 0 Å². The highest BCUT2D eigenvalue weighted by atomic mass is 16.2. The van der Waals surface area contributed by atoms with Crippen LogP contribution in [0.1, 0.15) is 20.8 Å². The number of rotatable bonds is 6. The number of likely N-dealkylation sites (N-methyl/N-ethyl adjacent to an activating group) is 1. The predicted molar refractivity (Wildman–Crippen MR) is 63.1 cm³/mol. The number of urea groups is 1. The average molecular weight is 244 g/mol. The molecule has 0 aromatic heterocycles. The van der Waals surface area contributed by atoms with Gasteiger partial charge in [-0.1, -0.05) is 20.8 Å². The molecule has 0 aliphatic rings. The Morgan fingerprint density at radius 2 is 1.71 bits per heavy atom. The van der Waals surface area contributed by atoms with Gasteiger partial charge >= 0.3 is 6.03 Å². The summed E-state index contributed by atoms with van der Waals surface area (Å²) >= 11 is 0. The van der Waals surface area contributed by atoms with E-state index in [-0.39, 0.29) is 30.7 Å². The van der Waals surface area contributed by atoms with Gasteiger partial charge in [0, 0.05) is 5.92 Å². The van der Waals surface area contributed by atoms with Crippen molar-refractivity contribution in [2.45, 2.75) is 20.8 Å². The van der Waals surface area contributed by atoms with E-state index in [2.05, 4.69) is 21.5 Å². The lowest BCUT2D eigenvalue weighted by molar-refractivity contribution is -0.121. The van der Waals surface area contributed by atoms with Crippen molar-refractivity contribution in [2.24, 2.45) is 5.92 Å². The summed E-state index contributed by atoms with van der Waals surface area (Å²) in [5, 5.41) is 5.14.